The number of amides is 1. The van der Waals surface area contributed by atoms with Gasteiger partial charge in [0, 0.05) is 19.8 Å². The van der Waals surface area contributed by atoms with Crippen LogP contribution in [0.25, 0.3) is 10.8 Å². The second kappa shape index (κ2) is 11.6. The van der Waals surface area contributed by atoms with Crippen LogP contribution in [0.4, 0.5) is 0 Å². The lowest BCUT2D eigenvalue weighted by atomic mass is 10.0. The Morgan fingerprint density at radius 1 is 0.871 bits per heavy atom. The van der Waals surface area contributed by atoms with Crippen LogP contribution in [-0.2, 0) is 27.2 Å². The minimum atomic E-state index is -0.633. The molecular formula is C26H32N2O3. The molecule has 164 valence electrons. The second-order valence-corrected chi connectivity index (χ2v) is 7.54. The Balaban J connectivity index is 1.80. The van der Waals surface area contributed by atoms with Crippen LogP contribution in [0.3, 0.4) is 0 Å². The first-order valence-electron chi connectivity index (χ1n) is 10.9. The predicted molar refractivity (Wildman–Crippen MR) is 125 cm³/mol. The van der Waals surface area contributed by atoms with E-state index < -0.39 is 12.3 Å². The number of ether oxygens (including phenoxy) is 2. The van der Waals surface area contributed by atoms with Gasteiger partial charge in [-0.3, -0.25) is 4.79 Å². The summed E-state index contributed by atoms with van der Waals surface area (Å²) in [5.41, 5.74) is 8.43. The average Bonchev–Trinajstić information content (AvgIpc) is 2.79. The van der Waals surface area contributed by atoms with E-state index in [4.69, 9.17) is 15.2 Å². The first-order chi connectivity index (χ1) is 15.1. The van der Waals surface area contributed by atoms with E-state index in [1.54, 1.807) is 4.90 Å². The van der Waals surface area contributed by atoms with Crippen molar-refractivity contribution in [3.8, 4) is 0 Å². The van der Waals surface area contributed by atoms with Gasteiger partial charge in [-0.05, 0) is 48.2 Å². The largest absolute Gasteiger partial charge is 0.351 e. The van der Waals surface area contributed by atoms with Gasteiger partial charge >= 0.3 is 0 Å². The summed E-state index contributed by atoms with van der Waals surface area (Å²) < 4.78 is 11.4. The summed E-state index contributed by atoms with van der Waals surface area (Å²) in [4.78, 5) is 15.1. The van der Waals surface area contributed by atoms with Crippen LogP contribution in [0.2, 0.25) is 0 Å². The highest BCUT2D eigenvalue weighted by Crippen LogP contribution is 2.18. The van der Waals surface area contributed by atoms with E-state index in [1.807, 2.05) is 56.3 Å². The molecule has 31 heavy (non-hydrogen) atoms. The maximum Gasteiger partial charge on any atom is 0.240 e. The Morgan fingerprint density at radius 2 is 1.52 bits per heavy atom. The van der Waals surface area contributed by atoms with Crippen LogP contribution in [0.15, 0.2) is 72.8 Å². The molecule has 0 aliphatic heterocycles. The number of hydrogen-bond acceptors (Lipinski definition) is 4. The maximum atomic E-state index is 13.3. The molecule has 0 saturated carbocycles. The summed E-state index contributed by atoms with van der Waals surface area (Å²) in [5, 5.41) is 2.32. The molecule has 3 aromatic rings. The minimum absolute atomic E-state index is 0.110. The zero-order valence-electron chi connectivity index (χ0n) is 18.4. The van der Waals surface area contributed by atoms with Gasteiger partial charge in [0.2, 0.25) is 5.91 Å². The molecule has 0 fully saturated rings. The molecule has 0 bridgehead atoms. The van der Waals surface area contributed by atoms with Gasteiger partial charge < -0.3 is 20.1 Å². The second-order valence-electron chi connectivity index (χ2n) is 7.54. The molecule has 3 rings (SSSR count). The van der Waals surface area contributed by atoms with Crippen LogP contribution in [0.5, 0.6) is 0 Å². The lowest BCUT2D eigenvalue weighted by Crippen LogP contribution is -2.48. The summed E-state index contributed by atoms with van der Waals surface area (Å²) in [5.74, 6) is -0.110. The highest BCUT2D eigenvalue weighted by Gasteiger charge is 2.25. The molecule has 2 N–H and O–H groups in total. The molecule has 0 radical (unpaired) electrons. The van der Waals surface area contributed by atoms with E-state index in [-0.39, 0.29) is 5.91 Å². The SMILES string of the molecule is CCOC(CN(Cc1ccc2ccccc2c1)C(=O)C(N)Cc1ccccc1)OCC. The van der Waals surface area contributed by atoms with Crippen LogP contribution >= 0.6 is 0 Å². The molecular weight excluding hydrogens is 388 g/mol. The highest BCUT2D eigenvalue weighted by atomic mass is 16.7. The van der Waals surface area contributed by atoms with Crippen molar-refractivity contribution in [1.82, 2.24) is 4.90 Å². The fraction of sp³-hybridized carbons (Fsp3) is 0.346. The Labute approximate surface area is 184 Å². The average molecular weight is 421 g/mol. The topological polar surface area (TPSA) is 64.8 Å². The Bertz CT molecular complexity index is 955. The first kappa shape index (κ1) is 22.9. The van der Waals surface area contributed by atoms with Crippen molar-refractivity contribution in [2.75, 3.05) is 19.8 Å². The monoisotopic (exact) mass is 420 g/mol. The molecule has 1 amide bonds. The lowest BCUT2D eigenvalue weighted by Gasteiger charge is -2.29. The molecule has 1 unspecified atom stereocenters. The first-order valence-corrected chi connectivity index (χ1v) is 10.9. The number of benzene rings is 3. The number of hydrogen-bond donors (Lipinski definition) is 1. The lowest BCUT2D eigenvalue weighted by molar-refractivity contribution is -0.160. The van der Waals surface area contributed by atoms with E-state index >= 15 is 0 Å². The van der Waals surface area contributed by atoms with E-state index in [1.165, 1.54) is 5.39 Å². The van der Waals surface area contributed by atoms with Crippen molar-refractivity contribution in [3.05, 3.63) is 83.9 Å². The van der Waals surface area contributed by atoms with Crippen molar-refractivity contribution in [2.24, 2.45) is 5.73 Å². The normalized spacial score (nSPS) is 12.3. The third-order valence-electron chi connectivity index (χ3n) is 5.19. The molecule has 1 atom stereocenters. The summed E-state index contributed by atoms with van der Waals surface area (Å²) in [7, 11) is 0. The van der Waals surface area contributed by atoms with Gasteiger partial charge in [0.15, 0.2) is 6.29 Å². The van der Waals surface area contributed by atoms with Gasteiger partial charge in [0.25, 0.3) is 0 Å². The number of nitrogens with two attached hydrogens (primary N) is 1. The summed E-state index contributed by atoms with van der Waals surface area (Å²) in [6, 6.07) is 23.7. The zero-order valence-corrected chi connectivity index (χ0v) is 18.4. The van der Waals surface area contributed by atoms with Gasteiger partial charge in [-0.1, -0.05) is 66.7 Å². The molecule has 0 heterocycles. The fourth-order valence-electron chi connectivity index (χ4n) is 3.69. The van der Waals surface area contributed by atoms with Gasteiger partial charge in [-0.2, -0.15) is 0 Å². The van der Waals surface area contributed by atoms with E-state index in [0.717, 1.165) is 16.5 Å². The summed E-state index contributed by atoms with van der Waals surface area (Å²) in [6.45, 7) is 5.64. The van der Waals surface area contributed by atoms with Gasteiger partial charge in [-0.25, -0.2) is 0 Å². The quantitative estimate of drug-likeness (QED) is 0.474. The summed E-state index contributed by atoms with van der Waals surface area (Å²) in [6.07, 6.45) is 0.00490. The number of rotatable bonds is 11. The van der Waals surface area contributed by atoms with Crippen LogP contribution in [0, 0.1) is 0 Å². The molecule has 0 aromatic heterocycles. The smallest absolute Gasteiger partial charge is 0.240 e. The van der Waals surface area contributed by atoms with Crippen LogP contribution in [0.1, 0.15) is 25.0 Å². The molecule has 5 nitrogen and oxygen atoms in total. The van der Waals surface area contributed by atoms with E-state index in [9.17, 15) is 4.79 Å². The zero-order chi connectivity index (χ0) is 22.1. The molecule has 3 aromatic carbocycles. The molecule has 0 spiro atoms. The number of carbonyl (C=O) groups is 1. The van der Waals surface area contributed by atoms with Gasteiger partial charge in [0.1, 0.15) is 0 Å². The van der Waals surface area contributed by atoms with E-state index in [0.29, 0.717) is 32.7 Å². The number of carbonyl (C=O) groups excluding carboxylic acids is 1. The fourth-order valence-corrected chi connectivity index (χ4v) is 3.69. The number of fused-ring (bicyclic) bond motifs is 1. The van der Waals surface area contributed by atoms with Crippen molar-refractivity contribution < 1.29 is 14.3 Å². The summed E-state index contributed by atoms with van der Waals surface area (Å²) >= 11 is 0. The molecule has 5 heteroatoms. The van der Waals surface area contributed by atoms with Crippen molar-refractivity contribution in [1.29, 1.82) is 0 Å². The molecule has 0 aliphatic rings. The maximum absolute atomic E-state index is 13.3. The van der Waals surface area contributed by atoms with E-state index in [2.05, 4.69) is 30.3 Å². The Hall–Kier alpha value is -2.73. The van der Waals surface area contributed by atoms with Gasteiger partial charge in [0.05, 0.1) is 12.6 Å². The van der Waals surface area contributed by atoms with Crippen molar-refractivity contribution >= 4 is 16.7 Å². The third kappa shape index (κ3) is 6.62. The minimum Gasteiger partial charge on any atom is -0.351 e. The molecule has 0 aliphatic carbocycles. The Morgan fingerprint density at radius 3 is 2.19 bits per heavy atom. The standard InChI is InChI=1S/C26H32N2O3/c1-3-30-25(31-4-2)19-28(26(29)24(27)17-20-10-6-5-7-11-20)18-21-14-15-22-12-8-9-13-23(22)16-21/h5-16,24-25H,3-4,17-19,27H2,1-2H3. The van der Waals surface area contributed by atoms with Crippen molar-refractivity contribution in [2.45, 2.75) is 39.1 Å². The van der Waals surface area contributed by atoms with Crippen molar-refractivity contribution in [3.63, 3.8) is 0 Å². The predicted octanol–water partition coefficient (Wildman–Crippen LogP) is 4.14. The highest BCUT2D eigenvalue weighted by molar-refractivity contribution is 5.84. The van der Waals surface area contributed by atoms with Crippen LogP contribution < -0.4 is 5.73 Å². The molecule has 0 saturated heterocycles. The van der Waals surface area contributed by atoms with Gasteiger partial charge in [-0.15, -0.1) is 0 Å². The third-order valence-corrected chi connectivity index (χ3v) is 5.19. The van der Waals surface area contributed by atoms with Crippen LogP contribution in [-0.4, -0.2) is 42.9 Å². The number of nitrogens with zero attached hydrogens (tertiary/aromatic N) is 1. The Kier molecular flexibility index (Phi) is 8.59.